The summed E-state index contributed by atoms with van der Waals surface area (Å²) in [7, 11) is 1.59. The Labute approximate surface area is 123 Å². The largest absolute Gasteiger partial charge is 0.497 e. The van der Waals surface area contributed by atoms with Crippen LogP contribution in [0.3, 0.4) is 0 Å². The lowest BCUT2D eigenvalue weighted by molar-refractivity contribution is -0.140. The summed E-state index contributed by atoms with van der Waals surface area (Å²) in [5, 5.41) is 17.5. The molecule has 0 fully saturated rings. The van der Waals surface area contributed by atoms with Gasteiger partial charge in [0.2, 0.25) is 0 Å². The number of hydrogen-bond acceptors (Lipinski definition) is 4. The highest BCUT2D eigenvalue weighted by Gasteiger charge is 2.16. The fourth-order valence-electron chi connectivity index (χ4n) is 1.93. The van der Waals surface area contributed by atoms with E-state index in [1.807, 2.05) is 24.3 Å². The van der Waals surface area contributed by atoms with Crippen molar-refractivity contribution in [1.82, 2.24) is 0 Å². The second kappa shape index (κ2) is 8.97. The first-order valence-electron chi connectivity index (χ1n) is 6.65. The number of hydrogen-bond donors (Lipinski definition) is 2. The summed E-state index contributed by atoms with van der Waals surface area (Å²) in [6, 6.07) is 7.42. The Morgan fingerprint density at radius 2 is 1.67 bits per heavy atom. The molecule has 1 aromatic carbocycles. The van der Waals surface area contributed by atoms with Gasteiger partial charge in [0.1, 0.15) is 5.75 Å². The van der Waals surface area contributed by atoms with Crippen molar-refractivity contribution in [2.75, 3.05) is 13.7 Å². The molecule has 0 unspecified atom stereocenters. The average Bonchev–Trinajstić information content (AvgIpc) is 2.43. The fourth-order valence-corrected chi connectivity index (χ4v) is 1.93. The maximum atomic E-state index is 10.7. The van der Waals surface area contributed by atoms with E-state index in [-0.39, 0.29) is 12.8 Å². The maximum Gasteiger partial charge on any atom is 0.303 e. The van der Waals surface area contributed by atoms with Gasteiger partial charge in [-0.1, -0.05) is 12.1 Å². The molecule has 1 rings (SSSR count). The summed E-state index contributed by atoms with van der Waals surface area (Å²) in [6.07, 6.45) is 0.102. The van der Waals surface area contributed by atoms with Crippen molar-refractivity contribution in [1.29, 1.82) is 0 Å². The zero-order valence-electron chi connectivity index (χ0n) is 11.9. The van der Waals surface area contributed by atoms with Crippen LogP contribution in [0, 0.1) is 5.92 Å². The van der Waals surface area contributed by atoms with E-state index >= 15 is 0 Å². The fraction of sp³-hybridized carbons (Fsp3) is 0.467. The van der Waals surface area contributed by atoms with E-state index in [1.165, 1.54) is 0 Å². The van der Waals surface area contributed by atoms with Crippen molar-refractivity contribution in [3.05, 3.63) is 29.8 Å². The van der Waals surface area contributed by atoms with Crippen LogP contribution in [0.1, 0.15) is 24.8 Å². The van der Waals surface area contributed by atoms with Gasteiger partial charge in [0, 0.05) is 19.4 Å². The van der Waals surface area contributed by atoms with E-state index in [0.29, 0.717) is 19.6 Å². The van der Waals surface area contributed by atoms with E-state index in [4.69, 9.17) is 19.7 Å². The van der Waals surface area contributed by atoms with Crippen molar-refractivity contribution < 1.29 is 29.3 Å². The number of carboxylic acid groups (broad SMARTS) is 2. The Hall–Kier alpha value is -2.08. The van der Waals surface area contributed by atoms with E-state index < -0.39 is 17.9 Å². The maximum absolute atomic E-state index is 10.7. The third-order valence-corrected chi connectivity index (χ3v) is 3.02. The first kappa shape index (κ1) is 17.0. The highest BCUT2D eigenvalue weighted by atomic mass is 16.5. The number of ether oxygens (including phenoxy) is 2. The predicted molar refractivity (Wildman–Crippen MR) is 75.3 cm³/mol. The van der Waals surface area contributed by atoms with E-state index in [2.05, 4.69) is 0 Å². The monoisotopic (exact) mass is 296 g/mol. The van der Waals surface area contributed by atoms with Crippen molar-refractivity contribution in [2.45, 2.75) is 25.9 Å². The molecular weight excluding hydrogens is 276 g/mol. The van der Waals surface area contributed by atoms with Crippen molar-refractivity contribution in [3.8, 4) is 5.75 Å². The van der Waals surface area contributed by atoms with Gasteiger partial charge in [-0.05, 0) is 30.0 Å². The van der Waals surface area contributed by atoms with Gasteiger partial charge < -0.3 is 19.7 Å². The smallest absolute Gasteiger partial charge is 0.303 e. The minimum atomic E-state index is -0.989. The van der Waals surface area contributed by atoms with Crippen LogP contribution >= 0.6 is 0 Å². The van der Waals surface area contributed by atoms with E-state index in [9.17, 15) is 9.59 Å². The molecule has 6 nitrogen and oxygen atoms in total. The molecule has 116 valence electrons. The molecule has 0 aromatic heterocycles. The minimum absolute atomic E-state index is 0.155. The number of aliphatic carboxylic acids is 2. The Balaban J connectivity index is 2.32. The van der Waals surface area contributed by atoms with Crippen LogP contribution in [-0.4, -0.2) is 35.9 Å². The topological polar surface area (TPSA) is 93.1 Å². The van der Waals surface area contributed by atoms with Gasteiger partial charge in [0.25, 0.3) is 0 Å². The first-order chi connectivity index (χ1) is 10.0. The van der Waals surface area contributed by atoms with Crippen LogP contribution in [0.25, 0.3) is 0 Å². The summed E-state index contributed by atoms with van der Waals surface area (Å²) in [6.45, 7) is 0.730. The molecule has 0 atom stereocenters. The van der Waals surface area contributed by atoms with Gasteiger partial charge in [-0.15, -0.1) is 0 Å². The van der Waals surface area contributed by atoms with Crippen LogP contribution in [-0.2, 0) is 20.9 Å². The lowest BCUT2D eigenvalue weighted by Crippen LogP contribution is -2.14. The number of methoxy groups -OCH3 is 1. The molecule has 0 aliphatic heterocycles. The van der Waals surface area contributed by atoms with Crippen molar-refractivity contribution >= 4 is 11.9 Å². The highest BCUT2D eigenvalue weighted by molar-refractivity contribution is 5.70. The number of rotatable bonds is 10. The molecule has 0 saturated heterocycles. The van der Waals surface area contributed by atoms with Gasteiger partial charge >= 0.3 is 11.9 Å². The van der Waals surface area contributed by atoms with Crippen molar-refractivity contribution in [2.24, 2.45) is 5.92 Å². The molecule has 0 amide bonds. The normalized spacial score (nSPS) is 10.6. The number of carbonyl (C=O) groups is 2. The standard InChI is InChI=1S/C15H20O6/c1-20-13-4-2-11(3-5-13)10-21-7-6-12(8-14(16)17)9-15(18)19/h2-5,12H,6-10H2,1H3,(H,16,17)(H,18,19). The zero-order valence-corrected chi connectivity index (χ0v) is 11.9. The molecule has 0 heterocycles. The first-order valence-corrected chi connectivity index (χ1v) is 6.65. The van der Waals surface area contributed by atoms with E-state index in [0.717, 1.165) is 11.3 Å². The number of benzene rings is 1. The summed E-state index contributed by atoms with van der Waals surface area (Å²) >= 11 is 0. The second-order valence-corrected chi connectivity index (χ2v) is 4.75. The van der Waals surface area contributed by atoms with Gasteiger partial charge in [-0.3, -0.25) is 9.59 Å². The second-order valence-electron chi connectivity index (χ2n) is 4.75. The van der Waals surface area contributed by atoms with Crippen molar-refractivity contribution in [3.63, 3.8) is 0 Å². The lowest BCUT2D eigenvalue weighted by Gasteiger charge is -2.12. The molecule has 0 bridgehead atoms. The predicted octanol–water partition coefficient (Wildman–Crippen LogP) is 2.17. The molecule has 0 aliphatic rings. The SMILES string of the molecule is COc1ccc(COCCC(CC(=O)O)CC(=O)O)cc1. The molecule has 0 aliphatic carbocycles. The third-order valence-electron chi connectivity index (χ3n) is 3.02. The van der Waals surface area contributed by atoms with Crippen LogP contribution in [0.4, 0.5) is 0 Å². The van der Waals surface area contributed by atoms with Crippen LogP contribution in [0.15, 0.2) is 24.3 Å². The van der Waals surface area contributed by atoms with Crippen LogP contribution in [0.2, 0.25) is 0 Å². The molecule has 2 N–H and O–H groups in total. The molecule has 6 heteroatoms. The summed E-state index contributed by atoms with van der Waals surface area (Å²) in [4.78, 5) is 21.3. The minimum Gasteiger partial charge on any atom is -0.497 e. The molecule has 1 aromatic rings. The summed E-state index contributed by atoms with van der Waals surface area (Å²) in [5.41, 5.74) is 0.976. The molecule has 0 saturated carbocycles. The third kappa shape index (κ3) is 7.31. The number of carboxylic acids is 2. The Morgan fingerprint density at radius 3 is 2.14 bits per heavy atom. The molecule has 0 spiro atoms. The van der Waals surface area contributed by atoms with Crippen LogP contribution in [0.5, 0.6) is 5.75 Å². The Kier molecular flexibility index (Phi) is 7.25. The summed E-state index contributed by atoms with van der Waals surface area (Å²) < 4.78 is 10.5. The molecule has 21 heavy (non-hydrogen) atoms. The van der Waals surface area contributed by atoms with Crippen LogP contribution < -0.4 is 4.74 Å². The highest BCUT2D eigenvalue weighted by Crippen LogP contribution is 2.15. The zero-order chi connectivity index (χ0) is 15.7. The molecular formula is C15H20O6. The van der Waals surface area contributed by atoms with Gasteiger partial charge in [-0.2, -0.15) is 0 Å². The van der Waals surface area contributed by atoms with Gasteiger partial charge in [0.15, 0.2) is 0 Å². The summed E-state index contributed by atoms with van der Waals surface area (Å²) in [5.74, 6) is -1.62. The van der Waals surface area contributed by atoms with Gasteiger partial charge in [-0.25, -0.2) is 0 Å². The average molecular weight is 296 g/mol. The molecule has 0 radical (unpaired) electrons. The Bertz CT molecular complexity index is 438. The van der Waals surface area contributed by atoms with E-state index in [1.54, 1.807) is 7.11 Å². The lowest BCUT2D eigenvalue weighted by atomic mass is 9.98. The van der Waals surface area contributed by atoms with Gasteiger partial charge in [0.05, 0.1) is 13.7 Å². The quantitative estimate of drug-likeness (QED) is 0.643. The Morgan fingerprint density at radius 1 is 1.10 bits per heavy atom.